The maximum Gasteiger partial charge on any atom is 0.319 e. The first-order valence-electron chi connectivity index (χ1n) is 8.03. The molecule has 1 aromatic carbocycles. The van der Waals surface area contributed by atoms with Crippen molar-refractivity contribution in [1.29, 1.82) is 0 Å². The normalized spacial score (nSPS) is 11.7. The number of fused-ring (bicyclic) bond motifs is 1. The van der Waals surface area contributed by atoms with Crippen LogP contribution in [-0.2, 0) is 6.42 Å². The summed E-state index contributed by atoms with van der Waals surface area (Å²) < 4.78 is 16.9. The molecule has 0 amide bonds. The minimum absolute atomic E-state index is 0.190. The summed E-state index contributed by atoms with van der Waals surface area (Å²) in [6.45, 7) is 8.49. The van der Waals surface area contributed by atoms with E-state index in [1.807, 2.05) is 58.0 Å². The highest BCUT2D eigenvalue weighted by Crippen LogP contribution is 2.20. The Morgan fingerprint density at radius 3 is 2.58 bits per heavy atom. The van der Waals surface area contributed by atoms with Gasteiger partial charge in [0.2, 0.25) is 5.71 Å². The summed E-state index contributed by atoms with van der Waals surface area (Å²) >= 11 is 0. The van der Waals surface area contributed by atoms with E-state index in [2.05, 4.69) is 9.97 Å². The van der Waals surface area contributed by atoms with Gasteiger partial charge in [-0.05, 0) is 51.5 Å². The second-order valence-corrected chi connectivity index (χ2v) is 6.73. The molecule has 24 heavy (non-hydrogen) atoms. The summed E-state index contributed by atoms with van der Waals surface area (Å²) in [5.74, 6) is 1.68. The minimum Gasteiger partial charge on any atom is -0.488 e. The molecular formula is C19H22N2O3. The van der Waals surface area contributed by atoms with E-state index in [0.717, 1.165) is 23.3 Å². The van der Waals surface area contributed by atoms with E-state index in [9.17, 15) is 0 Å². The Bertz CT molecular complexity index is 817. The first-order valence-corrected chi connectivity index (χ1v) is 8.03. The molecule has 0 aliphatic rings. The number of rotatable bonds is 5. The molecule has 0 saturated heterocycles. The average molecular weight is 326 g/mol. The monoisotopic (exact) mass is 326 g/mol. The van der Waals surface area contributed by atoms with Gasteiger partial charge in [0.1, 0.15) is 17.1 Å². The van der Waals surface area contributed by atoms with Gasteiger partial charge in [0.05, 0.1) is 12.0 Å². The van der Waals surface area contributed by atoms with Crippen LogP contribution >= 0.6 is 0 Å². The van der Waals surface area contributed by atoms with Crippen molar-refractivity contribution in [3.8, 4) is 11.8 Å². The summed E-state index contributed by atoms with van der Waals surface area (Å²) in [5, 5.41) is 0.884. The van der Waals surface area contributed by atoms with E-state index in [1.54, 1.807) is 6.20 Å². The molecule has 0 aliphatic carbocycles. The van der Waals surface area contributed by atoms with Gasteiger partial charge in [-0.2, -0.15) is 4.98 Å². The molecule has 0 fully saturated rings. The second kappa shape index (κ2) is 6.51. The van der Waals surface area contributed by atoms with Crippen molar-refractivity contribution in [2.45, 2.75) is 39.7 Å². The van der Waals surface area contributed by atoms with E-state index in [0.29, 0.717) is 18.3 Å². The Kier molecular flexibility index (Phi) is 4.42. The van der Waals surface area contributed by atoms with Gasteiger partial charge >= 0.3 is 6.01 Å². The molecule has 0 aliphatic heterocycles. The van der Waals surface area contributed by atoms with Crippen LogP contribution in [0.5, 0.6) is 11.8 Å². The standard InChI is InChI=1S/C19H22N2O3/c1-13-11-15-12-20-18(21-17(15)23-13)22-10-9-14-5-7-16(8-6-14)24-19(2,3)4/h5-8,11-12H,9-10H2,1-4H3. The van der Waals surface area contributed by atoms with Crippen molar-refractivity contribution >= 4 is 11.1 Å². The predicted molar refractivity (Wildman–Crippen MR) is 92.6 cm³/mol. The first-order chi connectivity index (χ1) is 11.4. The molecule has 0 radical (unpaired) electrons. The van der Waals surface area contributed by atoms with E-state index < -0.39 is 0 Å². The van der Waals surface area contributed by atoms with Crippen molar-refractivity contribution in [1.82, 2.24) is 9.97 Å². The van der Waals surface area contributed by atoms with E-state index in [-0.39, 0.29) is 5.60 Å². The van der Waals surface area contributed by atoms with Gasteiger partial charge < -0.3 is 13.9 Å². The second-order valence-electron chi connectivity index (χ2n) is 6.73. The zero-order chi connectivity index (χ0) is 17.2. The summed E-state index contributed by atoms with van der Waals surface area (Å²) in [6.07, 6.45) is 2.49. The number of furan rings is 1. The van der Waals surface area contributed by atoms with E-state index in [4.69, 9.17) is 13.9 Å². The van der Waals surface area contributed by atoms with Crippen molar-refractivity contribution in [3.05, 3.63) is 47.9 Å². The SMILES string of the molecule is Cc1cc2cnc(OCCc3ccc(OC(C)(C)C)cc3)nc2o1. The van der Waals surface area contributed by atoms with Crippen molar-refractivity contribution in [2.24, 2.45) is 0 Å². The Morgan fingerprint density at radius 1 is 1.12 bits per heavy atom. The lowest BCUT2D eigenvalue weighted by molar-refractivity contribution is 0.131. The van der Waals surface area contributed by atoms with Crippen LogP contribution in [0.25, 0.3) is 11.1 Å². The molecule has 3 aromatic rings. The van der Waals surface area contributed by atoms with Crippen LogP contribution in [0.15, 0.2) is 40.9 Å². The molecule has 0 saturated carbocycles. The Hall–Kier alpha value is -2.56. The molecule has 0 N–H and O–H groups in total. The fourth-order valence-electron chi connectivity index (χ4n) is 2.35. The molecular weight excluding hydrogens is 304 g/mol. The summed E-state index contributed by atoms with van der Waals surface area (Å²) in [5.41, 5.74) is 1.54. The highest BCUT2D eigenvalue weighted by atomic mass is 16.5. The van der Waals surface area contributed by atoms with Crippen LogP contribution < -0.4 is 9.47 Å². The van der Waals surface area contributed by atoms with Crippen LogP contribution in [0.2, 0.25) is 0 Å². The third-order valence-corrected chi connectivity index (χ3v) is 3.34. The fraction of sp³-hybridized carbons (Fsp3) is 0.368. The summed E-state index contributed by atoms with van der Waals surface area (Å²) in [6, 6.07) is 10.3. The zero-order valence-electron chi connectivity index (χ0n) is 14.5. The van der Waals surface area contributed by atoms with Gasteiger partial charge in [-0.15, -0.1) is 0 Å². The van der Waals surface area contributed by atoms with Crippen molar-refractivity contribution in [3.63, 3.8) is 0 Å². The largest absolute Gasteiger partial charge is 0.488 e. The lowest BCUT2D eigenvalue weighted by Crippen LogP contribution is -2.22. The minimum atomic E-state index is -0.190. The molecule has 2 aromatic heterocycles. The molecule has 0 atom stereocenters. The first kappa shape index (κ1) is 16.3. The van der Waals surface area contributed by atoms with Gasteiger partial charge in [0.15, 0.2) is 0 Å². The van der Waals surface area contributed by atoms with Gasteiger partial charge in [0.25, 0.3) is 0 Å². The van der Waals surface area contributed by atoms with Gasteiger partial charge in [-0.3, -0.25) is 0 Å². The summed E-state index contributed by atoms with van der Waals surface area (Å²) in [7, 11) is 0. The van der Waals surface area contributed by atoms with Gasteiger partial charge in [-0.25, -0.2) is 4.98 Å². The zero-order valence-corrected chi connectivity index (χ0v) is 14.5. The quantitative estimate of drug-likeness (QED) is 0.698. The molecule has 126 valence electrons. The van der Waals surface area contributed by atoms with Crippen LogP contribution in [0.4, 0.5) is 0 Å². The number of hydrogen-bond donors (Lipinski definition) is 0. The average Bonchev–Trinajstić information content (AvgIpc) is 2.87. The number of aryl methyl sites for hydroxylation is 1. The smallest absolute Gasteiger partial charge is 0.319 e. The molecule has 0 bridgehead atoms. The van der Waals surface area contributed by atoms with Gasteiger partial charge in [0, 0.05) is 12.6 Å². The number of hydrogen-bond acceptors (Lipinski definition) is 5. The molecule has 0 unspecified atom stereocenters. The van der Waals surface area contributed by atoms with Gasteiger partial charge in [-0.1, -0.05) is 12.1 Å². The third-order valence-electron chi connectivity index (χ3n) is 3.34. The number of benzene rings is 1. The fourth-order valence-corrected chi connectivity index (χ4v) is 2.35. The number of ether oxygens (including phenoxy) is 2. The maximum absolute atomic E-state index is 5.81. The molecule has 0 spiro atoms. The number of nitrogens with zero attached hydrogens (tertiary/aromatic N) is 2. The summed E-state index contributed by atoms with van der Waals surface area (Å²) in [4.78, 5) is 8.45. The lowest BCUT2D eigenvalue weighted by Gasteiger charge is -2.21. The highest BCUT2D eigenvalue weighted by molar-refractivity contribution is 5.72. The van der Waals surface area contributed by atoms with Crippen molar-refractivity contribution < 1.29 is 13.9 Å². The third kappa shape index (κ3) is 4.25. The maximum atomic E-state index is 5.81. The van der Waals surface area contributed by atoms with E-state index in [1.165, 1.54) is 5.56 Å². The molecule has 5 nitrogen and oxygen atoms in total. The van der Waals surface area contributed by atoms with Crippen LogP contribution in [0.3, 0.4) is 0 Å². The van der Waals surface area contributed by atoms with E-state index >= 15 is 0 Å². The Labute approximate surface area is 141 Å². The molecule has 2 heterocycles. The highest BCUT2D eigenvalue weighted by Gasteiger charge is 2.11. The van der Waals surface area contributed by atoms with Crippen LogP contribution in [0, 0.1) is 6.92 Å². The topological polar surface area (TPSA) is 57.4 Å². The van der Waals surface area contributed by atoms with Crippen LogP contribution in [-0.4, -0.2) is 22.2 Å². The molecule has 3 rings (SSSR count). The Morgan fingerprint density at radius 2 is 1.88 bits per heavy atom. The Balaban J connectivity index is 1.55. The van der Waals surface area contributed by atoms with Crippen molar-refractivity contribution in [2.75, 3.05) is 6.61 Å². The lowest BCUT2D eigenvalue weighted by atomic mass is 10.1. The molecule has 5 heteroatoms. The van der Waals surface area contributed by atoms with Crippen LogP contribution in [0.1, 0.15) is 32.1 Å². The predicted octanol–water partition coefficient (Wildman–Crippen LogP) is 4.33. The number of aromatic nitrogens is 2.